The van der Waals surface area contributed by atoms with Crippen LogP contribution in [0.25, 0.3) is 0 Å². The molecule has 0 aliphatic carbocycles. The fourth-order valence-electron chi connectivity index (χ4n) is 2.01. The van der Waals surface area contributed by atoms with Crippen LogP contribution in [0.3, 0.4) is 0 Å². The first-order chi connectivity index (χ1) is 9.31. The normalized spacial score (nSPS) is 15.1. The Morgan fingerprint density at radius 3 is 3.11 bits per heavy atom. The van der Waals surface area contributed by atoms with Gasteiger partial charge in [-0.2, -0.15) is 0 Å². The van der Waals surface area contributed by atoms with Crippen molar-refractivity contribution in [3.8, 4) is 5.88 Å². The van der Waals surface area contributed by atoms with E-state index < -0.39 is 0 Å². The first-order valence-corrected chi connectivity index (χ1v) is 6.41. The second kappa shape index (κ2) is 7.06. The Kier molecular flexibility index (Phi) is 5.11. The molecule has 6 nitrogen and oxygen atoms in total. The summed E-state index contributed by atoms with van der Waals surface area (Å²) in [6, 6.07) is 0. The highest BCUT2D eigenvalue weighted by molar-refractivity contribution is 5.44. The van der Waals surface area contributed by atoms with Gasteiger partial charge in [0.1, 0.15) is 12.1 Å². The predicted octanol–water partition coefficient (Wildman–Crippen LogP) is 0.894. The summed E-state index contributed by atoms with van der Waals surface area (Å²) in [6.07, 6.45) is 5.62. The van der Waals surface area contributed by atoms with Crippen LogP contribution in [0.4, 0.5) is 5.82 Å². The van der Waals surface area contributed by atoms with Gasteiger partial charge < -0.3 is 20.5 Å². The fraction of sp³-hybridized carbons (Fsp3) is 0.538. The minimum Gasteiger partial charge on any atom is -0.481 e. The molecule has 1 aliphatic rings. The maximum Gasteiger partial charge on any atom is 0.222 e. The molecule has 0 saturated heterocycles. The molecule has 0 saturated carbocycles. The Bertz CT molecular complexity index is 448. The van der Waals surface area contributed by atoms with E-state index in [9.17, 15) is 0 Å². The first-order valence-electron chi connectivity index (χ1n) is 6.41. The van der Waals surface area contributed by atoms with Crippen LogP contribution in [0.2, 0.25) is 0 Å². The highest BCUT2D eigenvalue weighted by atomic mass is 16.5. The van der Waals surface area contributed by atoms with Gasteiger partial charge in [-0.25, -0.2) is 9.97 Å². The molecule has 1 aromatic heterocycles. The summed E-state index contributed by atoms with van der Waals surface area (Å²) in [5, 5.41) is 3.34. The molecule has 0 amide bonds. The third-order valence-corrected chi connectivity index (χ3v) is 3.11. The van der Waals surface area contributed by atoms with E-state index in [2.05, 4.69) is 21.4 Å². The average Bonchev–Trinajstić information content (AvgIpc) is 2.46. The van der Waals surface area contributed by atoms with Crippen LogP contribution in [-0.2, 0) is 11.3 Å². The van der Waals surface area contributed by atoms with Crippen molar-refractivity contribution in [2.45, 2.75) is 19.4 Å². The molecule has 0 spiro atoms. The number of hydrogen-bond acceptors (Lipinski definition) is 6. The van der Waals surface area contributed by atoms with Gasteiger partial charge in [-0.3, -0.25) is 0 Å². The number of anilines is 1. The number of methoxy groups -OCH3 is 1. The highest BCUT2D eigenvalue weighted by Gasteiger charge is 2.09. The minimum absolute atomic E-state index is 0.463. The molecule has 1 aromatic rings. The molecule has 0 atom stereocenters. The van der Waals surface area contributed by atoms with Gasteiger partial charge >= 0.3 is 0 Å². The van der Waals surface area contributed by atoms with E-state index in [-0.39, 0.29) is 0 Å². The van der Waals surface area contributed by atoms with Crippen LogP contribution < -0.4 is 15.8 Å². The molecule has 1 aliphatic heterocycles. The minimum atomic E-state index is 0.463. The number of ether oxygens (including phenoxy) is 2. The van der Waals surface area contributed by atoms with E-state index in [1.165, 1.54) is 11.9 Å². The topological polar surface area (TPSA) is 82.3 Å². The maximum atomic E-state index is 5.82. The van der Waals surface area contributed by atoms with Crippen molar-refractivity contribution in [2.75, 3.05) is 32.6 Å². The summed E-state index contributed by atoms with van der Waals surface area (Å²) in [6.45, 7) is 3.07. The average molecular weight is 264 g/mol. The predicted molar refractivity (Wildman–Crippen MR) is 72.8 cm³/mol. The second-order valence-corrected chi connectivity index (χ2v) is 4.36. The van der Waals surface area contributed by atoms with Crippen molar-refractivity contribution in [1.29, 1.82) is 0 Å². The zero-order chi connectivity index (χ0) is 13.5. The number of nitrogens with two attached hydrogens (primary N) is 1. The molecule has 6 heteroatoms. The van der Waals surface area contributed by atoms with Crippen LogP contribution in [0.1, 0.15) is 18.4 Å². The Balaban J connectivity index is 1.81. The quantitative estimate of drug-likeness (QED) is 0.586. The summed E-state index contributed by atoms with van der Waals surface area (Å²) in [4.78, 5) is 8.02. The molecular formula is C13H20N4O2. The molecule has 104 valence electrons. The van der Waals surface area contributed by atoms with E-state index >= 15 is 0 Å². The summed E-state index contributed by atoms with van der Waals surface area (Å²) in [5.41, 5.74) is 8.08. The third kappa shape index (κ3) is 3.90. The first kappa shape index (κ1) is 13.8. The molecule has 0 bridgehead atoms. The zero-order valence-corrected chi connectivity index (χ0v) is 11.2. The second-order valence-electron chi connectivity index (χ2n) is 4.36. The highest BCUT2D eigenvalue weighted by Crippen LogP contribution is 2.18. The number of nitrogens with one attached hydrogen (secondary N) is 1. The van der Waals surface area contributed by atoms with Crippen LogP contribution in [0, 0.1) is 0 Å². The smallest absolute Gasteiger partial charge is 0.222 e. The van der Waals surface area contributed by atoms with Gasteiger partial charge in [0.15, 0.2) is 0 Å². The number of nitrogen functional groups attached to an aromatic ring is 1. The van der Waals surface area contributed by atoms with E-state index in [1.54, 1.807) is 7.11 Å². The van der Waals surface area contributed by atoms with Gasteiger partial charge in [0.25, 0.3) is 0 Å². The van der Waals surface area contributed by atoms with Crippen molar-refractivity contribution < 1.29 is 9.47 Å². The Labute approximate surface area is 113 Å². The SMILES string of the molecule is COc1ncnc(N)c1CNCCC1=CCOCC1. The van der Waals surface area contributed by atoms with Crippen molar-refractivity contribution in [3.05, 3.63) is 23.5 Å². The van der Waals surface area contributed by atoms with Crippen molar-refractivity contribution in [3.63, 3.8) is 0 Å². The van der Waals surface area contributed by atoms with Gasteiger partial charge in [-0.05, 0) is 19.4 Å². The van der Waals surface area contributed by atoms with E-state index in [4.69, 9.17) is 15.2 Å². The Morgan fingerprint density at radius 1 is 1.47 bits per heavy atom. The molecule has 19 heavy (non-hydrogen) atoms. The lowest BCUT2D eigenvalue weighted by Gasteiger charge is -2.14. The van der Waals surface area contributed by atoms with E-state index in [0.29, 0.717) is 18.2 Å². The van der Waals surface area contributed by atoms with Gasteiger partial charge in [0.2, 0.25) is 5.88 Å². The summed E-state index contributed by atoms with van der Waals surface area (Å²) < 4.78 is 10.4. The monoisotopic (exact) mass is 264 g/mol. The lowest BCUT2D eigenvalue weighted by molar-refractivity contribution is 0.153. The molecular weight excluding hydrogens is 244 g/mol. The van der Waals surface area contributed by atoms with Crippen LogP contribution in [0.5, 0.6) is 5.88 Å². The standard InChI is InChI=1S/C13H20N4O2/c1-18-13-11(12(14)16-9-17-13)8-15-5-2-10-3-6-19-7-4-10/h3,9,15H,2,4-8H2,1H3,(H2,14,16,17). The number of aromatic nitrogens is 2. The molecule has 3 N–H and O–H groups in total. The van der Waals surface area contributed by atoms with Crippen LogP contribution >= 0.6 is 0 Å². The summed E-state index contributed by atoms with van der Waals surface area (Å²) >= 11 is 0. The number of nitrogens with zero attached hydrogens (tertiary/aromatic N) is 2. The maximum absolute atomic E-state index is 5.82. The van der Waals surface area contributed by atoms with E-state index in [0.717, 1.165) is 38.2 Å². The number of hydrogen-bond donors (Lipinski definition) is 2. The zero-order valence-electron chi connectivity index (χ0n) is 11.2. The Morgan fingerprint density at radius 2 is 2.37 bits per heavy atom. The largest absolute Gasteiger partial charge is 0.481 e. The lowest BCUT2D eigenvalue weighted by Crippen LogP contribution is -2.18. The summed E-state index contributed by atoms with van der Waals surface area (Å²) in [5.74, 6) is 0.995. The van der Waals surface area contributed by atoms with Gasteiger partial charge in [0, 0.05) is 6.54 Å². The van der Waals surface area contributed by atoms with Crippen molar-refractivity contribution >= 4 is 5.82 Å². The molecule has 0 unspecified atom stereocenters. The molecule has 2 heterocycles. The number of rotatable bonds is 6. The van der Waals surface area contributed by atoms with Crippen molar-refractivity contribution in [2.24, 2.45) is 0 Å². The molecule has 0 fully saturated rings. The molecule has 2 rings (SSSR count). The lowest BCUT2D eigenvalue weighted by atomic mass is 10.1. The van der Waals surface area contributed by atoms with Crippen LogP contribution in [0.15, 0.2) is 18.0 Å². The van der Waals surface area contributed by atoms with Crippen LogP contribution in [-0.4, -0.2) is 36.8 Å². The fourth-order valence-corrected chi connectivity index (χ4v) is 2.01. The Hall–Kier alpha value is -1.66. The molecule has 0 radical (unpaired) electrons. The van der Waals surface area contributed by atoms with E-state index in [1.807, 2.05) is 0 Å². The van der Waals surface area contributed by atoms with Gasteiger partial charge in [-0.15, -0.1) is 0 Å². The van der Waals surface area contributed by atoms with Gasteiger partial charge in [0.05, 0.1) is 25.9 Å². The third-order valence-electron chi connectivity index (χ3n) is 3.11. The van der Waals surface area contributed by atoms with Gasteiger partial charge in [-0.1, -0.05) is 11.6 Å². The molecule has 0 aromatic carbocycles. The van der Waals surface area contributed by atoms with Crippen molar-refractivity contribution in [1.82, 2.24) is 15.3 Å². The summed E-state index contributed by atoms with van der Waals surface area (Å²) in [7, 11) is 1.58.